The lowest BCUT2D eigenvalue weighted by Gasteiger charge is -2.34. The van der Waals surface area contributed by atoms with Gasteiger partial charge < -0.3 is 35.4 Å². The molecule has 2 fully saturated rings. The number of aromatic hydroxyl groups is 2. The number of phenols is 2. The predicted octanol–water partition coefficient (Wildman–Crippen LogP) is 5.67. The number of carbonyl (C=O) groups excluding carboxylic acids is 3. The van der Waals surface area contributed by atoms with Crippen LogP contribution in [0.3, 0.4) is 0 Å². The van der Waals surface area contributed by atoms with Gasteiger partial charge in [-0.1, -0.05) is 26.0 Å². The second-order valence-corrected chi connectivity index (χ2v) is 19.2. The van der Waals surface area contributed by atoms with Gasteiger partial charge >= 0.3 is 11.8 Å². The Kier molecular flexibility index (Phi) is 14.8. The molecule has 2 aliphatic heterocycles. The van der Waals surface area contributed by atoms with Crippen LogP contribution >= 0.6 is 0 Å². The summed E-state index contributed by atoms with van der Waals surface area (Å²) in [4.78, 5) is 73.7. The molecular formula is C53H63N13O7. The SMILES string of the molecule is CCNC(=O)c1nnc(-c2cc(C(C)C)c(O)cc2O)n1-c1ccc(CN2CCN(CCCNC(=O)O[C@@H](C)C(=O)N3CCC(n4c(=O)n(C)c5cnc6ccc(-c7ccc(C)nc7)nc6c54)CC3)CC2)cc1. The molecule has 0 bridgehead atoms. The monoisotopic (exact) mass is 993 g/mol. The molecule has 0 aliphatic carbocycles. The number of ether oxygens (including phenoxy) is 1. The number of piperidine rings is 1. The number of nitrogens with one attached hydrogen (secondary N) is 2. The van der Waals surface area contributed by atoms with Gasteiger partial charge in [0, 0.05) is 101 Å². The minimum Gasteiger partial charge on any atom is -0.508 e. The largest absolute Gasteiger partial charge is 0.508 e. The van der Waals surface area contributed by atoms with Gasteiger partial charge in [0.05, 0.1) is 34.0 Å². The van der Waals surface area contributed by atoms with Crippen LogP contribution in [0.4, 0.5) is 4.79 Å². The highest BCUT2D eigenvalue weighted by Crippen LogP contribution is 2.38. The van der Waals surface area contributed by atoms with Gasteiger partial charge in [0.25, 0.3) is 11.8 Å². The van der Waals surface area contributed by atoms with E-state index in [0.717, 1.165) is 68.2 Å². The van der Waals surface area contributed by atoms with E-state index in [0.29, 0.717) is 77.9 Å². The van der Waals surface area contributed by atoms with Gasteiger partial charge in [0.1, 0.15) is 17.0 Å². The molecular weight excluding hydrogens is 931 g/mol. The average molecular weight is 994 g/mol. The molecule has 0 unspecified atom stereocenters. The molecule has 7 heterocycles. The Morgan fingerprint density at radius 2 is 1.59 bits per heavy atom. The molecule has 73 heavy (non-hydrogen) atoms. The van der Waals surface area contributed by atoms with Crippen molar-refractivity contribution in [2.45, 2.75) is 78.5 Å². The number of pyridine rings is 3. The third kappa shape index (κ3) is 10.6. The first-order valence-electron chi connectivity index (χ1n) is 25.1. The van der Waals surface area contributed by atoms with Crippen molar-refractivity contribution in [2.75, 3.05) is 58.9 Å². The normalized spacial score (nSPS) is 15.3. The predicted molar refractivity (Wildman–Crippen MR) is 276 cm³/mol. The summed E-state index contributed by atoms with van der Waals surface area (Å²) in [6, 6.07) is 18.4. The quantitative estimate of drug-likeness (QED) is 0.0908. The lowest BCUT2D eigenvalue weighted by atomic mass is 9.98. The molecule has 7 aromatic rings. The van der Waals surface area contributed by atoms with Crippen LogP contribution in [0.2, 0.25) is 0 Å². The minimum atomic E-state index is -0.974. The van der Waals surface area contributed by atoms with E-state index in [1.807, 2.05) is 80.8 Å². The number of nitrogens with zero attached hydrogens (tertiary/aromatic N) is 11. The third-order valence-corrected chi connectivity index (χ3v) is 13.9. The van der Waals surface area contributed by atoms with Crippen LogP contribution in [0.1, 0.15) is 86.4 Å². The molecule has 1 atom stereocenters. The fourth-order valence-electron chi connectivity index (χ4n) is 9.86. The number of amides is 3. The number of hydrogen-bond donors (Lipinski definition) is 4. The van der Waals surface area contributed by atoms with Gasteiger partial charge in [-0.2, -0.15) is 0 Å². The number of benzene rings is 2. The van der Waals surface area contributed by atoms with Crippen molar-refractivity contribution in [3.63, 3.8) is 0 Å². The maximum atomic E-state index is 13.8. The maximum absolute atomic E-state index is 13.8. The summed E-state index contributed by atoms with van der Waals surface area (Å²) in [5, 5.41) is 35.5. The topological polar surface area (TPSA) is 231 Å². The van der Waals surface area contributed by atoms with Crippen LogP contribution in [0.15, 0.2) is 77.9 Å². The van der Waals surface area contributed by atoms with Crippen molar-refractivity contribution in [2.24, 2.45) is 7.05 Å². The molecule has 9 rings (SSSR count). The summed E-state index contributed by atoms with van der Waals surface area (Å²) in [6.07, 6.45) is 3.69. The smallest absolute Gasteiger partial charge is 0.407 e. The van der Waals surface area contributed by atoms with Gasteiger partial charge in [0.15, 0.2) is 11.9 Å². The molecule has 0 spiro atoms. The second kappa shape index (κ2) is 21.6. The number of alkyl carbamates (subject to hydrolysis) is 1. The molecule has 2 saturated heterocycles. The van der Waals surface area contributed by atoms with Gasteiger partial charge in [-0.05, 0) is 106 Å². The zero-order chi connectivity index (χ0) is 51.5. The highest BCUT2D eigenvalue weighted by molar-refractivity contribution is 6.00. The van der Waals surface area contributed by atoms with Crippen LogP contribution in [0, 0.1) is 6.92 Å². The molecule has 5 aromatic heterocycles. The minimum absolute atomic E-state index is 0.0186. The zero-order valence-electron chi connectivity index (χ0n) is 42.2. The highest BCUT2D eigenvalue weighted by Gasteiger charge is 2.32. The van der Waals surface area contributed by atoms with E-state index in [9.17, 15) is 29.4 Å². The standard InChI is InChI=1S/C53H63N13O7/c1-7-54-50(69)49-60-59-48(40-27-39(32(2)3)44(67)28-45(40)68)66(49)37-13-10-35(11-14-37)31-63-25-23-62(24-26-63)20-8-19-55-52(71)73-34(5)51(70)64-21-17-38(18-22-64)65-47-43(61(6)53(65)72)30-57-42-16-15-41(58-46(42)47)36-12-9-33(4)56-29-36/h9-16,27-30,32,34,38,67-68H,7-8,17-26,31H2,1-6H3,(H,54,69)(H,55,71)/t34-/m0/s1. The van der Waals surface area contributed by atoms with Crippen molar-refractivity contribution in [3.8, 4) is 39.8 Å². The number of aryl methyl sites for hydroxylation is 2. The van der Waals surface area contributed by atoms with Crippen molar-refractivity contribution in [1.29, 1.82) is 0 Å². The molecule has 382 valence electrons. The summed E-state index contributed by atoms with van der Waals surface area (Å²) in [5.41, 5.74) is 7.78. The number of piperazine rings is 1. The second-order valence-electron chi connectivity index (χ2n) is 19.2. The Balaban J connectivity index is 0.725. The van der Waals surface area contributed by atoms with Gasteiger partial charge in [-0.3, -0.25) is 38.2 Å². The van der Waals surface area contributed by atoms with E-state index < -0.39 is 18.1 Å². The first kappa shape index (κ1) is 50.2. The van der Waals surface area contributed by atoms with E-state index in [-0.39, 0.29) is 46.7 Å². The molecule has 2 aromatic carbocycles. The lowest BCUT2D eigenvalue weighted by molar-refractivity contribution is -0.140. The first-order valence-corrected chi connectivity index (χ1v) is 25.1. The van der Waals surface area contributed by atoms with Crippen molar-refractivity contribution >= 4 is 40.0 Å². The molecule has 2 aliphatic rings. The third-order valence-electron chi connectivity index (χ3n) is 13.9. The fourth-order valence-corrected chi connectivity index (χ4v) is 9.86. The van der Waals surface area contributed by atoms with Crippen molar-refractivity contribution in [3.05, 3.63) is 106 Å². The Hall–Kier alpha value is -7.71. The number of rotatable bonds is 15. The number of imidazole rings is 1. The van der Waals surface area contributed by atoms with E-state index in [4.69, 9.17) is 9.72 Å². The Bertz CT molecular complexity index is 3200. The summed E-state index contributed by atoms with van der Waals surface area (Å²) in [6.45, 7) is 15.8. The van der Waals surface area contributed by atoms with Crippen LogP contribution in [0.25, 0.3) is 50.4 Å². The van der Waals surface area contributed by atoms with Crippen LogP contribution in [0.5, 0.6) is 11.5 Å². The number of fused-ring (bicyclic) bond motifs is 3. The summed E-state index contributed by atoms with van der Waals surface area (Å²) in [5.74, 6) is -0.533. The molecule has 0 saturated carbocycles. The number of likely N-dealkylation sites (tertiary alicyclic amines) is 1. The summed E-state index contributed by atoms with van der Waals surface area (Å²) >= 11 is 0. The van der Waals surface area contributed by atoms with Gasteiger partial charge in [-0.15, -0.1) is 10.2 Å². The molecule has 20 nitrogen and oxygen atoms in total. The average Bonchev–Trinajstić information content (AvgIpc) is 3.94. The van der Waals surface area contributed by atoms with Crippen LogP contribution in [-0.2, 0) is 23.1 Å². The lowest BCUT2D eigenvalue weighted by Crippen LogP contribution is -2.47. The molecule has 0 radical (unpaired) electrons. The number of hydrogen-bond acceptors (Lipinski definition) is 14. The maximum Gasteiger partial charge on any atom is 0.407 e. The van der Waals surface area contributed by atoms with E-state index in [1.54, 1.807) is 46.5 Å². The Morgan fingerprint density at radius 3 is 2.29 bits per heavy atom. The van der Waals surface area contributed by atoms with Crippen LogP contribution < -0.4 is 16.3 Å². The summed E-state index contributed by atoms with van der Waals surface area (Å²) in [7, 11) is 1.74. The van der Waals surface area contributed by atoms with Crippen LogP contribution in [-0.4, -0.2) is 147 Å². The van der Waals surface area contributed by atoms with Gasteiger partial charge in [0.2, 0.25) is 5.82 Å². The Morgan fingerprint density at radius 1 is 0.849 bits per heavy atom. The number of phenolic OH excluding ortho intramolecular Hbond substituents is 2. The van der Waals surface area contributed by atoms with Crippen molar-refractivity contribution in [1.82, 2.24) is 64.2 Å². The zero-order valence-corrected chi connectivity index (χ0v) is 42.2. The highest BCUT2D eigenvalue weighted by atomic mass is 16.6. The van der Waals surface area contributed by atoms with E-state index in [2.05, 4.69) is 40.6 Å². The fraction of sp³-hybridized carbons (Fsp3) is 0.415. The first-order chi connectivity index (χ1) is 35.2. The van der Waals surface area contributed by atoms with Crippen molar-refractivity contribution < 1.29 is 29.3 Å². The molecule has 4 N–H and O–H groups in total. The van der Waals surface area contributed by atoms with E-state index in [1.165, 1.54) is 6.07 Å². The molecule has 3 amide bonds. The molecule has 20 heteroatoms. The summed E-state index contributed by atoms with van der Waals surface area (Å²) < 4.78 is 10.6. The number of aromatic nitrogens is 8. The number of carbonyl (C=O) groups is 3. The van der Waals surface area contributed by atoms with Gasteiger partial charge in [-0.25, -0.2) is 14.6 Å². The Labute approximate surface area is 422 Å². The van der Waals surface area contributed by atoms with E-state index >= 15 is 0 Å².